The second-order valence-corrected chi connectivity index (χ2v) is 9.10. The Labute approximate surface area is 189 Å². The van der Waals surface area contributed by atoms with Crippen LogP contribution in [0.4, 0.5) is 4.39 Å². The molecule has 32 heavy (non-hydrogen) atoms. The Kier molecular flexibility index (Phi) is 6.61. The number of carbonyl (C=O) groups is 2. The molecule has 10 heteroatoms. The smallest absolute Gasteiger partial charge is 0.276 e. The van der Waals surface area contributed by atoms with E-state index in [1.165, 1.54) is 26.7 Å². The molecule has 0 bridgehead atoms. The summed E-state index contributed by atoms with van der Waals surface area (Å²) in [6, 6.07) is 10.7. The van der Waals surface area contributed by atoms with Crippen molar-refractivity contribution < 1.29 is 14.0 Å². The summed E-state index contributed by atoms with van der Waals surface area (Å²) in [7, 11) is 3.34. The van der Waals surface area contributed by atoms with Crippen molar-refractivity contribution >= 4 is 23.2 Å². The number of piperazine rings is 1. The average molecular weight is 457 g/mol. The fourth-order valence-electron chi connectivity index (χ4n) is 3.50. The lowest BCUT2D eigenvalue weighted by molar-refractivity contribution is -0.129. The highest BCUT2D eigenvalue weighted by Crippen LogP contribution is 2.29. The predicted molar refractivity (Wildman–Crippen MR) is 120 cm³/mol. The van der Waals surface area contributed by atoms with Gasteiger partial charge < -0.3 is 9.80 Å². The number of carbonyl (C=O) groups excluding carboxylic acids is 2. The van der Waals surface area contributed by atoms with Gasteiger partial charge in [0.1, 0.15) is 12.4 Å². The molecule has 0 N–H and O–H groups in total. The van der Waals surface area contributed by atoms with E-state index in [-0.39, 0.29) is 29.9 Å². The molecule has 168 valence electrons. The van der Waals surface area contributed by atoms with Gasteiger partial charge in [0, 0.05) is 56.6 Å². The van der Waals surface area contributed by atoms with E-state index in [0.717, 1.165) is 30.1 Å². The first-order valence-corrected chi connectivity index (χ1v) is 11.2. The standard InChI is InChI=1S/C22H25FN6O2S/c1-26(2)21(30)15-29-14-19(24-25-29)22(31)28-10-8-27(9-11-28)13-18-6-7-20(32-18)16-4-3-5-17(23)12-16/h3-7,12,14H,8-11,13,15H2,1-2H3. The molecule has 8 nitrogen and oxygen atoms in total. The summed E-state index contributed by atoms with van der Waals surface area (Å²) in [6.45, 7) is 3.57. The summed E-state index contributed by atoms with van der Waals surface area (Å²) in [4.78, 5) is 32.3. The molecule has 1 saturated heterocycles. The van der Waals surface area contributed by atoms with Crippen molar-refractivity contribution in [2.24, 2.45) is 0 Å². The molecule has 3 aromatic rings. The fraction of sp³-hybridized carbons (Fsp3) is 0.364. The zero-order valence-electron chi connectivity index (χ0n) is 18.1. The fourth-order valence-corrected chi connectivity index (χ4v) is 4.55. The largest absolute Gasteiger partial charge is 0.347 e. The number of halogens is 1. The Morgan fingerprint density at radius 2 is 1.91 bits per heavy atom. The predicted octanol–water partition coefficient (Wildman–Crippen LogP) is 2.19. The van der Waals surface area contributed by atoms with E-state index in [1.54, 1.807) is 42.5 Å². The van der Waals surface area contributed by atoms with E-state index in [9.17, 15) is 14.0 Å². The second kappa shape index (κ2) is 9.58. The summed E-state index contributed by atoms with van der Waals surface area (Å²) in [5.74, 6) is -0.517. The molecule has 0 saturated carbocycles. The number of amides is 2. The molecule has 3 heterocycles. The van der Waals surface area contributed by atoms with E-state index in [2.05, 4.69) is 21.3 Å². The summed E-state index contributed by atoms with van der Waals surface area (Å²) >= 11 is 1.66. The molecule has 0 spiro atoms. The zero-order valence-corrected chi connectivity index (χ0v) is 18.9. The summed E-state index contributed by atoms with van der Waals surface area (Å²) < 4.78 is 14.9. The van der Waals surface area contributed by atoms with Crippen molar-refractivity contribution in [1.82, 2.24) is 29.7 Å². The number of aromatic nitrogens is 3. The second-order valence-electron chi connectivity index (χ2n) is 7.93. The van der Waals surface area contributed by atoms with Crippen LogP contribution in [0.2, 0.25) is 0 Å². The van der Waals surface area contributed by atoms with Crippen LogP contribution in [0.1, 0.15) is 15.4 Å². The Morgan fingerprint density at radius 1 is 1.12 bits per heavy atom. The normalized spacial score (nSPS) is 14.5. The SMILES string of the molecule is CN(C)C(=O)Cn1cc(C(=O)N2CCN(Cc3ccc(-c4cccc(F)c4)s3)CC2)nn1. The van der Waals surface area contributed by atoms with Gasteiger partial charge in [0.15, 0.2) is 5.69 Å². The monoisotopic (exact) mass is 456 g/mol. The van der Waals surface area contributed by atoms with Gasteiger partial charge in [-0.05, 0) is 29.8 Å². The van der Waals surface area contributed by atoms with Crippen molar-refractivity contribution in [2.45, 2.75) is 13.1 Å². The Bertz CT molecular complexity index is 1100. The quantitative estimate of drug-likeness (QED) is 0.569. The minimum absolute atomic E-state index is 0.0550. The third-order valence-corrected chi connectivity index (χ3v) is 6.48. The lowest BCUT2D eigenvalue weighted by atomic mass is 10.2. The first-order valence-electron chi connectivity index (χ1n) is 10.4. The minimum atomic E-state index is -0.234. The van der Waals surface area contributed by atoms with E-state index >= 15 is 0 Å². The van der Waals surface area contributed by atoms with Gasteiger partial charge in [-0.1, -0.05) is 17.3 Å². The average Bonchev–Trinajstić information content (AvgIpc) is 3.43. The van der Waals surface area contributed by atoms with Crippen LogP contribution in [-0.2, 0) is 17.9 Å². The zero-order chi connectivity index (χ0) is 22.7. The van der Waals surface area contributed by atoms with Crippen molar-refractivity contribution in [3.8, 4) is 10.4 Å². The molecule has 1 fully saturated rings. The van der Waals surface area contributed by atoms with Crippen LogP contribution in [0, 0.1) is 5.82 Å². The molecule has 2 amide bonds. The van der Waals surface area contributed by atoms with Crippen LogP contribution in [0.25, 0.3) is 10.4 Å². The maximum atomic E-state index is 13.5. The van der Waals surface area contributed by atoms with Crippen LogP contribution in [0.15, 0.2) is 42.6 Å². The van der Waals surface area contributed by atoms with Gasteiger partial charge in [0.2, 0.25) is 5.91 Å². The molecule has 0 atom stereocenters. The lowest BCUT2D eigenvalue weighted by Crippen LogP contribution is -2.48. The molecule has 1 aliphatic heterocycles. The van der Waals surface area contributed by atoms with Gasteiger partial charge in [-0.3, -0.25) is 14.5 Å². The molecular formula is C22H25FN6O2S. The molecule has 0 aliphatic carbocycles. The van der Waals surface area contributed by atoms with Gasteiger partial charge in [0.25, 0.3) is 5.91 Å². The topological polar surface area (TPSA) is 74.6 Å². The maximum Gasteiger partial charge on any atom is 0.276 e. The highest BCUT2D eigenvalue weighted by Gasteiger charge is 2.24. The Morgan fingerprint density at radius 3 is 2.62 bits per heavy atom. The number of benzene rings is 1. The van der Waals surface area contributed by atoms with Gasteiger partial charge >= 0.3 is 0 Å². The van der Waals surface area contributed by atoms with Crippen LogP contribution in [0.5, 0.6) is 0 Å². The number of hydrogen-bond acceptors (Lipinski definition) is 6. The van der Waals surface area contributed by atoms with Crippen molar-refractivity contribution in [3.05, 3.63) is 59.0 Å². The van der Waals surface area contributed by atoms with Gasteiger partial charge in [-0.25, -0.2) is 9.07 Å². The number of hydrogen-bond donors (Lipinski definition) is 0. The van der Waals surface area contributed by atoms with E-state index in [1.807, 2.05) is 12.1 Å². The Balaban J connectivity index is 1.29. The van der Waals surface area contributed by atoms with Crippen molar-refractivity contribution in [3.63, 3.8) is 0 Å². The summed E-state index contributed by atoms with van der Waals surface area (Å²) in [5.41, 5.74) is 1.14. The van der Waals surface area contributed by atoms with Crippen molar-refractivity contribution in [2.75, 3.05) is 40.3 Å². The molecule has 2 aromatic heterocycles. The van der Waals surface area contributed by atoms with Gasteiger partial charge in [-0.2, -0.15) is 0 Å². The summed E-state index contributed by atoms with van der Waals surface area (Å²) in [6.07, 6.45) is 1.52. The molecule has 0 unspecified atom stereocenters. The van der Waals surface area contributed by atoms with Crippen LogP contribution >= 0.6 is 11.3 Å². The highest BCUT2D eigenvalue weighted by atomic mass is 32.1. The van der Waals surface area contributed by atoms with Crippen LogP contribution in [-0.4, -0.2) is 81.8 Å². The molecule has 4 rings (SSSR count). The summed E-state index contributed by atoms with van der Waals surface area (Å²) in [5, 5.41) is 7.84. The van der Waals surface area contributed by atoms with Crippen molar-refractivity contribution in [1.29, 1.82) is 0 Å². The van der Waals surface area contributed by atoms with Crippen LogP contribution in [0.3, 0.4) is 0 Å². The number of nitrogens with zero attached hydrogens (tertiary/aromatic N) is 6. The molecular weight excluding hydrogens is 431 g/mol. The highest BCUT2D eigenvalue weighted by molar-refractivity contribution is 7.15. The van der Waals surface area contributed by atoms with E-state index in [0.29, 0.717) is 13.1 Å². The molecule has 1 aromatic carbocycles. The van der Waals surface area contributed by atoms with Gasteiger partial charge in [0.05, 0.1) is 6.20 Å². The van der Waals surface area contributed by atoms with Crippen LogP contribution < -0.4 is 0 Å². The molecule has 1 aliphatic rings. The first kappa shape index (κ1) is 22.1. The molecule has 0 radical (unpaired) electrons. The number of rotatable bonds is 6. The minimum Gasteiger partial charge on any atom is -0.347 e. The third kappa shape index (κ3) is 5.20. The lowest BCUT2D eigenvalue weighted by Gasteiger charge is -2.34. The number of likely N-dealkylation sites (N-methyl/N-ethyl adjacent to an activating group) is 1. The third-order valence-electron chi connectivity index (χ3n) is 5.36. The maximum absolute atomic E-state index is 13.5. The van der Waals surface area contributed by atoms with E-state index < -0.39 is 0 Å². The first-order chi connectivity index (χ1) is 15.4. The van der Waals surface area contributed by atoms with E-state index in [4.69, 9.17) is 0 Å². The van der Waals surface area contributed by atoms with Gasteiger partial charge in [-0.15, -0.1) is 16.4 Å². The number of thiophene rings is 1. The Hall–Kier alpha value is -3.11.